The van der Waals surface area contributed by atoms with Gasteiger partial charge in [0, 0.05) is 6.54 Å². The van der Waals surface area contributed by atoms with Crippen LogP contribution in [0.5, 0.6) is 0 Å². The number of nitrogens with one attached hydrogen (secondary N) is 1. The van der Waals surface area contributed by atoms with E-state index in [9.17, 15) is 4.79 Å². The van der Waals surface area contributed by atoms with Crippen LogP contribution in [-0.4, -0.2) is 21.8 Å². The minimum Gasteiger partial charge on any atom is -0.295 e. The maximum Gasteiger partial charge on any atom is 0.267 e. The van der Waals surface area contributed by atoms with Gasteiger partial charge in [0.05, 0.1) is 11.6 Å². The molecule has 3 nitrogen and oxygen atoms in total. The quantitative estimate of drug-likeness (QED) is 0.665. The van der Waals surface area contributed by atoms with Gasteiger partial charge in [-0.05, 0) is 17.2 Å². The van der Waals surface area contributed by atoms with Crippen LogP contribution in [0.3, 0.4) is 0 Å². The van der Waals surface area contributed by atoms with Crippen LogP contribution >= 0.6 is 24.0 Å². The lowest BCUT2D eigenvalue weighted by Gasteiger charge is -2.15. The van der Waals surface area contributed by atoms with E-state index in [1.165, 1.54) is 17.3 Å². The van der Waals surface area contributed by atoms with E-state index in [0.29, 0.717) is 22.4 Å². The Morgan fingerprint density at radius 3 is 2.39 bits per heavy atom. The van der Waals surface area contributed by atoms with Crippen molar-refractivity contribution in [3.63, 3.8) is 0 Å². The summed E-state index contributed by atoms with van der Waals surface area (Å²) in [4.78, 5) is 14.7. The summed E-state index contributed by atoms with van der Waals surface area (Å²) < 4.78 is 0.595. The van der Waals surface area contributed by atoms with Crippen molar-refractivity contribution in [1.29, 1.82) is 0 Å². The number of thioether (sulfide) groups is 1. The minimum atomic E-state index is -0.0376. The molecule has 0 saturated carbocycles. The highest BCUT2D eigenvalue weighted by molar-refractivity contribution is 8.26. The fourth-order valence-corrected chi connectivity index (χ4v) is 3.50. The molecule has 2 aromatic carbocycles. The van der Waals surface area contributed by atoms with Crippen LogP contribution in [0.1, 0.15) is 11.1 Å². The first-order valence-corrected chi connectivity index (χ1v) is 8.51. The summed E-state index contributed by atoms with van der Waals surface area (Å²) in [6, 6.07) is 19.9. The third-order valence-corrected chi connectivity index (χ3v) is 4.79. The molecule has 23 heavy (non-hydrogen) atoms. The molecule has 0 radical (unpaired) electrons. The Labute approximate surface area is 145 Å². The van der Waals surface area contributed by atoms with Gasteiger partial charge in [0.25, 0.3) is 5.91 Å². The number of carbonyl (C=O) groups is 1. The van der Waals surface area contributed by atoms with E-state index in [1.807, 2.05) is 66.7 Å². The molecule has 1 heterocycles. The molecule has 1 aliphatic rings. The van der Waals surface area contributed by atoms with Gasteiger partial charge >= 0.3 is 0 Å². The molecular weight excluding hydrogens is 324 g/mol. The zero-order valence-corrected chi connectivity index (χ0v) is 14.1. The lowest BCUT2D eigenvalue weighted by Crippen LogP contribution is -2.36. The van der Waals surface area contributed by atoms with Crippen molar-refractivity contribution in [1.82, 2.24) is 10.2 Å². The second kappa shape index (κ2) is 7.55. The smallest absolute Gasteiger partial charge is 0.267 e. The summed E-state index contributed by atoms with van der Waals surface area (Å²) in [5.41, 5.74) is 2.18. The highest BCUT2D eigenvalue weighted by atomic mass is 32.2. The second-order valence-corrected chi connectivity index (χ2v) is 6.77. The first-order valence-electron chi connectivity index (χ1n) is 7.29. The van der Waals surface area contributed by atoms with Gasteiger partial charge in [-0.1, -0.05) is 84.6 Å². The van der Waals surface area contributed by atoms with Crippen molar-refractivity contribution >= 4 is 40.3 Å². The Hall–Kier alpha value is -1.95. The third kappa shape index (κ3) is 4.07. The predicted molar refractivity (Wildman–Crippen MR) is 99.6 cm³/mol. The van der Waals surface area contributed by atoms with Crippen LogP contribution < -0.4 is 5.32 Å². The fourth-order valence-electron chi connectivity index (χ4n) is 2.24. The van der Waals surface area contributed by atoms with E-state index in [-0.39, 0.29) is 5.91 Å². The molecule has 0 aromatic heterocycles. The number of carbonyl (C=O) groups excluding carboxylic acids is 1. The van der Waals surface area contributed by atoms with E-state index in [0.717, 1.165) is 5.56 Å². The Balaban J connectivity index is 1.62. The van der Waals surface area contributed by atoms with Crippen molar-refractivity contribution in [2.45, 2.75) is 6.54 Å². The Bertz CT molecular complexity index is 729. The number of rotatable bonds is 5. The van der Waals surface area contributed by atoms with Gasteiger partial charge in [-0.3, -0.25) is 15.0 Å². The summed E-state index contributed by atoms with van der Waals surface area (Å²) in [6.45, 7) is 1.13. The lowest BCUT2D eigenvalue weighted by atomic mass is 10.2. The van der Waals surface area contributed by atoms with Gasteiger partial charge in [0.15, 0.2) is 0 Å². The molecule has 0 unspecified atom stereocenters. The van der Waals surface area contributed by atoms with Crippen molar-refractivity contribution in [3.05, 3.63) is 76.7 Å². The van der Waals surface area contributed by atoms with E-state index in [4.69, 9.17) is 12.2 Å². The van der Waals surface area contributed by atoms with E-state index < -0.39 is 0 Å². The van der Waals surface area contributed by atoms with Crippen LogP contribution in [0.15, 0.2) is 65.6 Å². The van der Waals surface area contributed by atoms with E-state index in [1.54, 1.807) is 4.90 Å². The second-order valence-electron chi connectivity index (χ2n) is 5.09. The number of benzene rings is 2. The molecule has 116 valence electrons. The maximum atomic E-state index is 12.5. The molecule has 1 saturated heterocycles. The zero-order chi connectivity index (χ0) is 16.1. The molecule has 0 spiro atoms. The van der Waals surface area contributed by atoms with Crippen molar-refractivity contribution < 1.29 is 4.79 Å². The molecule has 1 amide bonds. The van der Waals surface area contributed by atoms with E-state index in [2.05, 4.69) is 5.32 Å². The molecular formula is C18H16N2OS2. The molecule has 2 aromatic rings. The van der Waals surface area contributed by atoms with Crippen molar-refractivity contribution in [2.24, 2.45) is 0 Å². The van der Waals surface area contributed by atoms with Crippen LogP contribution in [0, 0.1) is 0 Å². The minimum absolute atomic E-state index is 0.0376. The summed E-state index contributed by atoms with van der Waals surface area (Å²) in [7, 11) is 0. The first kappa shape index (κ1) is 15.9. The lowest BCUT2D eigenvalue weighted by molar-refractivity contribution is -0.122. The molecule has 5 heteroatoms. The number of hydrogen-bond donors (Lipinski definition) is 1. The van der Waals surface area contributed by atoms with Gasteiger partial charge in [-0.2, -0.15) is 0 Å². The van der Waals surface area contributed by atoms with Gasteiger partial charge < -0.3 is 0 Å². The molecule has 1 aliphatic heterocycles. The summed E-state index contributed by atoms with van der Waals surface area (Å²) in [6.07, 6.45) is 1.89. The normalized spacial score (nSPS) is 16.3. The van der Waals surface area contributed by atoms with Gasteiger partial charge in [0.2, 0.25) is 0 Å². The average molecular weight is 340 g/mol. The summed E-state index contributed by atoms with van der Waals surface area (Å²) in [5.74, 6) is -0.0376. The van der Waals surface area contributed by atoms with Crippen LogP contribution in [-0.2, 0) is 11.3 Å². The maximum absolute atomic E-state index is 12.5. The number of nitrogens with zero attached hydrogens (tertiary/aromatic N) is 1. The Morgan fingerprint density at radius 2 is 1.70 bits per heavy atom. The first-order chi connectivity index (χ1) is 11.2. The van der Waals surface area contributed by atoms with E-state index >= 15 is 0 Å². The van der Waals surface area contributed by atoms with Gasteiger partial charge in [0.1, 0.15) is 4.32 Å². The predicted octanol–water partition coefficient (Wildman–Crippen LogP) is 3.64. The van der Waals surface area contributed by atoms with Crippen LogP contribution in [0.4, 0.5) is 0 Å². The zero-order valence-electron chi connectivity index (χ0n) is 12.4. The van der Waals surface area contributed by atoms with Crippen molar-refractivity contribution in [2.75, 3.05) is 6.67 Å². The number of amides is 1. The highest BCUT2D eigenvalue weighted by Gasteiger charge is 2.31. The fraction of sp³-hybridized carbons (Fsp3) is 0.111. The molecule has 1 N–H and O–H groups in total. The van der Waals surface area contributed by atoms with Crippen LogP contribution in [0.2, 0.25) is 0 Å². The van der Waals surface area contributed by atoms with Gasteiger partial charge in [-0.15, -0.1) is 0 Å². The molecule has 3 rings (SSSR count). The SMILES string of the molecule is O=C1C(=Cc2ccccc2)SC(=S)N1CNCc1ccccc1. The molecule has 0 aliphatic carbocycles. The largest absolute Gasteiger partial charge is 0.295 e. The number of thiocarbonyl (C=S) groups is 1. The highest BCUT2D eigenvalue weighted by Crippen LogP contribution is 2.31. The van der Waals surface area contributed by atoms with Crippen LogP contribution in [0.25, 0.3) is 6.08 Å². The van der Waals surface area contributed by atoms with Gasteiger partial charge in [-0.25, -0.2) is 0 Å². The third-order valence-electron chi connectivity index (χ3n) is 3.41. The average Bonchev–Trinajstić information content (AvgIpc) is 2.84. The topological polar surface area (TPSA) is 32.3 Å². The Kier molecular flexibility index (Phi) is 5.23. The monoisotopic (exact) mass is 340 g/mol. The number of hydrogen-bond acceptors (Lipinski definition) is 4. The van der Waals surface area contributed by atoms with Crippen molar-refractivity contribution in [3.8, 4) is 0 Å². The molecule has 0 atom stereocenters. The standard InChI is InChI=1S/C18H16N2OS2/c21-17-16(11-14-7-3-1-4-8-14)23-18(22)20(17)13-19-12-15-9-5-2-6-10-15/h1-11,19H,12-13H2. The molecule has 0 bridgehead atoms. The Morgan fingerprint density at radius 1 is 1.04 bits per heavy atom. The summed E-state index contributed by atoms with van der Waals surface area (Å²) >= 11 is 6.68. The summed E-state index contributed by atoms with van der Waals surface area (Å²) in [5, 5.41) is 3.27. The molecule has 1 fully saturated rings.